The maximum atomic E-state index is 12.1. The van der Waals surface area contributed by atoms with Gasteiger partial charge in [0.2, 0.25) is 5.91 Å². The number of likely N-dealkylation sites (tertiary alicyclic amines) is 1. The van der Waals surface area contributed by atoms with Crippen molar-refractivity contribution in [1.29, 1.82) is 0 Å². The molecule has 1 fully saturated rings. The predicted octanol–water partition coefficient (Wildman–Crippen LogP) is 6.58. The topological polar surface area (TPSA) is 46.6 Å². The minimum absolute atomic E-state index is 0.0262. The highest BCUT2D eigenvalue weighted by Gasteiger charge is 2.33. The molecule has 0 aromatic heterocycles. The summed E-state index contributed by atoms with van der Waals surface area (Å²) in [7, 11) is 0. The molecule has 0 bridgehead atoms. The predicted molar refractivity (Wildman–Crippen MR) is 121 cm³/mol. The van der Waals surface area contributed by atoms with E-state index in [1.807, 2.05) is 0 Å². The number of hydrogen-bond donors (Lipinski definition) is 0. The van der Waals surface area contributed by atoms with E-state index in [4.69, 9.17) is 4.74 Å². The van der Waals surface area contributed by atoms with Crippen LogP contribution in [-0.2, 0) is 14.3 Å². The van der Waals surface area contributed by atoms with Gasteiger partial charge in [0.25, 0.3) is 0 Å². The third-order valence-corrected chi connectivity index (χ3v) is 5.83. The Kier molecular flexibility index (Phi) is 15.5. The van der Waals surface area contributed by atoms with Gasteiger partial charge in [-0.3, -0.25) is 4.79 Å². The zero-order valence-electron chi connectivity index (χ0n) is 19.1. The van der Waals surface area contributed by atoms with Gasteiger partial charge < -0.3 is 9.64 Å². The summed E-state index contributed by atoms with van der Waals surface area (Å²) in [5.41, 5.74) is 0. The molecule has 1 amide bonds. The van der Waals surface area contributed by atoms with E-state index in [9.17, 15) is 9.59 Å². The van der Waals surface area contributed by atoms with Gasteiger partial charge in [-0.15, -0.1) is 0 Å². The summed E-state index contributed by atoms with van der Waals surface area (Å²) in [4.78, 5) is 25.2. The Morgan fingerprint density at radius 2 is 1.41 bits per heavy atom. The van der Waals surface area contributed by atoms with Crippen LogP contribution in [0.25, 0.3) is 0 Å². The van der Waals surface area contributed by atoms with Gasteiger partial charge in [0.15, 0.2) is 0 Å². The molecule has 0 spiro atoms. The van der Waals surface area contributed by atoms with Crippen LogP contribution in [0.4, 0.5) is 0 Å². The average Bonchev–Trinajstić information content (AvgIpc) is 3.20. The van der Waals surface area contributed by atoms with E-state index >= 15 is 0 Å². The summed E-state index contributed by atoms with van der Waals surface area (Å²) < 4.78 is 5.38. The average molecular weight is 408 g/mol. The highest BCUT2D eigenvalue weighted by molar-refractivity contribution is 5.83. The fraction of sp³-hybridized carbons (Fsp3) is 0.840. The Bertz CT molecular complexity index is 461. The largest absolute Gasteiger partial charge is 0.464 e. The molecular formula is C25H45NO3. The molecule has 0 N–H and O–H groups in total. The number of ether oxygens (including phenoxy) is 1. The molecule has 4 nitrogen and oxygen atoms in total. The Morgan fingerprint density at radius 1 is 0.862 bits per heavy atom. The standard InChI is InChI=1S/C25H45NO3/c1-3-4-5-6-7-8-9-10-11-12-13-14-15-16-17-18-22-29-25(28)24-20-19-21-26(24)23(2)27/h10-11,24H,3-9,12-22H2,1-2H3/b11-10+/t24-/m1/s1. The quantitative estimate of drug-likeness (QED) is 0.155. The van der Waals surface area contributed by atoms with E-state index in [-0.39, 0.29) is 17.9 Å². The Labute approximate surface area is 179 Å². The minimum Gasteiger partial charge on any atom is -0.464 e. The van der Waals surface area contributed by atoms with Gasteiger partial charge in [0.1, 0.15) is 6.04 Å². The van der Waals surface area contributed by atoms with Gasteiger partial charge in [0.05, 0.1) is 6.61 Å². The van der Waals surface area contributed by atoms with E-state index in [1.165, 1.54) is 84.0 Å². The maximum Gasteiger partial charge on any atom is 0.328 e. The SMILES string of the molecule is CCCCCCCC/C=C/CCCCCCCCOC(=O)[C@H]1CCCN1C(C)=O. The van der Waals surface area contributed by atoms with Crippen molar-refractivity contribution in [3.05, 3.63) is 12.2 Å². The maximum absolute atomic E-state index is 12.1. The second kappa shape index (κ2) is 17.5. The zero-order valence-corrected chi connectivity index (χ0v) is 19.1. The molecule has 1 aliphatic heterocycles. The number of allylic oxidation sites excluding steroid dienone is 2. The zero-order chi connectivity index (χ0) is 21.2. The normalized spacial score (nSPS) is 16.6. The minimum atomic E-state index is -0.346. The molecule has 1 saturated heterocycles. The molecule has 168 valence electrons. The molecule has 0 radical (unpaired) electrons. The van der Waals surface area contributed by atoms with Crippen molar-refractivity contribution in [3.63, 3.8) is 0 Å². The summed E-state index contributed by atoms with van der Waals surface area (Å²) in [6.07, 6.45) is 24.2. The summed E-state index contributed by atoms with van der Waals surface area (Å²) in [5, 5.41) is 0. The molecule has 1 atom stereocenters. The van der Waals surface area contributed by atoms with Crippen LogP contribution in [0, 0.1) is 0 Å². The van der Waals surface area contributed by atoms with Crippen molar-refractivity contribution >= 4 is 11.9 Å². The lowest BCUT2D eigenvalue weighted by Crippen LogP contribution is -2.40. The first-order valence-electron chi connectivity index (χ1n) is 12.3. The Hall–Kier alpha value is -1.32. The van der Waals surface area contributed by atoms with Crippen LogP contribution < -0.4 is 0 Å². The second-order valence-electron chi connectivity index (χ2n) is 8.48. The molecule has 1 aliphatic rings. The van der Waals surface area contributed by atoms with Gasteiger partial charge >= 0.3 is 5.97 Å². The fourth-order valence-corrected chi connectivity index (χ4v) is 4.01. The monoisotopic (exact) mass is 407 g/mol. The summed E-state index contributed by atoms with van der Waals surface area (Å²) in [6.45, 7) is 4.96. The van der Waals surface area contributed by atoms with Crippen LogP contribution in [0.3, 0.4) is 0 Å². The van der Waals surface area contributed by atoms with Gasteiger partial charge in [-0.2, -0.15) is 0 Å². The lowest BCUT2D eigenvalue weighted by molar-refractivity contribution is -0.153. The number of hydrogen-bond acceptors (Lipinski definition) is 3. The number of nitrogens with zero attached hydrogens (tertiary/aromatic N) is 1. The summed E-state index contributed by atoms with van der Waals surface area (Å²) >= 11 is 0. The van der Waals surface area contributed by atoms with Crippen molar-refractivity contribution in [2.45, 2.75) is 123 Å². The van der Waals surface area contributed by atoms with Gasteiger partial charge in [0, 0.05) is 13.5 Å². The van der Waals surface area contributed by atoms with Gasteiger partial charge in [-0.1, -0.05) is 76.9 Å². The lowest BCUT2D eigenvalue weighted by atomic mass is 10.1. The van der Waals surface area contributed by atoms with Crippen molar-refractivity contribution < 1.29 is 14.3 Å². The van der Waals surface area contributed by atoms with Gasteiger partial charge in [-0.05, 0) is 44.9 Å². The van der Waals surface area contributed by atoms with Crippen molar-refractivity contribution in [2.24, 2.45) is 0 Å². The summed E-state index contributed by atoms with van der Waals surface area (Å²) in [5.74, 6) is -0.243. The Balaban J connectivity index is 1.85. The number of carbonyl (C=O) groups is 2. The fourth-order valence-electron chi connectivity index (χ4n) is 4.01. The van der Waals surface area contributed by atoms with E-state index in [2.05, 4.69) is 19.1 Å². The van der Waals surface area contributed by atoms with E-state index in [1.54, 1.807) is 4.90 Å². The lowest BCUT2D eigenvalue weighted by Gasteiger charge is -2.21. The third kappa shape index (κ3) is 12.8. The summed E-state index contributed by atoms with van der Waals surface area (Å²) in [6, 6.07) is -0.346. The highest BCUT2D eigenvalue weighted by atomic mass is 16.5. The van der Waals surface area contributed by atoms with E-state index in [0.717, 1.165) is 25.7 Å². The first-order chi connectivity index (χ1) is 14.2. The molecular weight excluding hydrogens is 362 g/mol. The molecule has 0 aromatic rings. The third-order valence-electron chi connectivity index (χ3n) is 5.83. The number of unbranched alkanes of at least 4 members (excludes halogenated alkanes) is 12. The van der Waals surface area contributed by atoms with Crippen molar-refractivity contribution in [1.82, 2.24) is 4.90 Å². The molecule has 29 heavy (non-hydrogen) atoms. The Morgan fingerprint density at radius 3 is 2.00 bits per heavy atom. The van der Waals surface area contributed by atoms with Crippen LogP contribution in [-0.4, -0.2) is 36.0 Å². The molecule has 1 heterocycles. The number of esters is 1. The number of carbonyl (C=O) groups excluding carboxylic acids is 2. The van der Waals surface area contributed by atoms with E-state index < -0.39 is 0 Å². The van der Waals surface area contributed by atoms with Crippen LogP contribution in [0.5, 0.6) is 0 Å². The first kappa shape index (κ1) is 25.7. The molecule has 0 aliphatic carbocycles. The van der Waals surface area contributed by atoms with Crippen LogP contribution in [0.1, 0.15) is 117 Å². The molecule has 4 heteroatoms. The second-order valence-corrected chi connectivity index (χ2v) is 8.48. The van der Waals surface area contributed by atoms with Crippen molar-refractivity contribution in [3.8, 4) is 0 Å². The van der Waals surface area contributed by atoms with Crippen molar-refractivity contribution in [2.75, 3.05) is 13.2 Å². The first-order valence-corrected chi connectivity index (χ1v) is 12.3. The number of amides is 1. The smallest absolute Gasteiger partial charge is 0.328 e. The molecule has 0 unspecified atom stereocenters. The molecule has 1 rings (SSSR count). The van der Waals surface area contributed by atoms with Crippen LogP contribution in [0.15, 0.2) is 12.2 Å². The van der Waals surface area contributed by atoms with Gasteiger partial charge in [-0.25, -0.2) is 4.79 Å². The van der Waals surface area contributed by atoms with E-state index in [0.29, 0.717) is 13.2 Å². The van der Waals surface area contributed by atoms with Crippen LogP contribution in [0.2, 0.25) is 0 Å². The van der Waals surface area contributed by atoms with Crippen LogP contribution >= 0.6 is 0 Å². The number of rotatable bonds is 17. The highest BCUT2D eigenvalue weighted by Crippen LogP contribution is 2.18. The molecule has 0 aromatic carbocycles. The molecule has 0 saturated carbocycles.